The van der Waals surface area contributed by atoms with E-state index in [4.69, 9.17) is 0 Å². The topological polar surface area (TPSA) is 60.7 Å². The van der Waals surface area contributed by atoms with Crippen LogP contribution < -0.4 is 0 Å². The van der Waals surface area contributed by atoms with E-state index in [1.165, 1.54) is 11.1 Å². The van der Waals surface area contributed by atoms with Crippen molar-refractivity contribution in [2.45, 2.75) is 72.1 Å². The van der Waals surface area contributed by atoms with E-state index < -0.39 is 7.94 Å². The first-order valence-corrected chi connectivity index (χ1v) is 11.7. The van der Waals surface area contributed by atoms with E-state index in [0.29, 0.717) is 0 Å². The van der Waals surface area contributed by atoms with Gasteiger partial charge in [-0.3, -0.25) is 0 Å². The molecule has 0 spiro atoms. The molecule has 0 aromatic heterocycles. The highest BCUT2D eigenvalue weighted by atomic mass is 31.2. The lowest BCUT2D eigenvalue weighted by Crippen LogP contribution is -2.24. The third-order valence-electron chi connectivity index (χ3n) is 5.39. The van der Waals surface area contributed by atoms with Crippen molar-refractivity contribution >= 4 is 7.94 Å². The summed E-state index contributed by atoms with van der Waals surface area (Å²) < 4.78 is 0. The third-order valence-corrected chi connectivity index (χ3v) is 6.24. The minimum Gasteiger partial charge on any atom is -0.193 e. The van der Waals surface area contributed by atoms with E-state index in [-0.39, 0.29) is 22.9 Å². The average Bonchev–Trinajstić information content (AvgIpc) is 2.50. The summed E-state index contributed by atoms with van der Waals surface area (Å²) in [6.07, 6.45) is -0.0745. The zero-order valence-electron chi connectivity index (χ0n) is 18.5. The Bertz CT molecular complexity index is 773. The summed E-state index contributed by atoms with van der Waals surface area (Å²) in [5, 5.41) is 0. The smallest absolute Gasteiger partial charge is 0.193 e. The molecule has 0 saturated carbocycles. The summed E-state index contributed by atoms with van der Waals surface area (Å²) in [6.45, 7) is 17.2. The molecule has 154 valence electrons. The molecule has 0 aliphatic heterocycles. The first-order valence-electron chi connectivity index (χ1n) is 9.89. The molecule has 0 atom stereocenters. The van der Waals surface area contributed by atoms with Crippen LogP contribution in [-0.4, -0.2) is 20.8 Å². The average molecular weight is 404 g/mol. The van der Waals surface area contributed by atoms with Crippen molar-refractivity contribution in [3.05, 3.63) is 69.8 Å². The van der Waals surface area contributed by atoms with Gasteiger partial charge in [-0.15, -0.1) is 0 Å². The molecule has 0 radical (unpaired) electrons. The molecule has 0 heterocycles. The van der Waals surface area contributed by atoms with Gasteiger partial charge in [0.05, 0.1) is 5.92 Å². The van der Waals surface area contributed by atoms with Crippen molar-refractivity contribution in [2.75, 3.05) is 6.16 Å². The van der Waals surface area contributed by atoms with Crippen LogP contribution >= 0.6 is 7.94 Å². The van der Waals surface area contributed by atoms with Gasteiger partial charge in [0.15, 0.2) is 6.16 Å². The van der Waals surface area contributed by atoms with E-state index in [1.807, 2.05) is 0 Å². The lowest BCUT2D eigenvalue weighted by atomic mass is 9.72. The first kappa shape index (κ1) is 23.0. The maximum atomic E-state index is 10.1. The van der Waals surface area contributed by atoms with Crippen molar-refractivity contribution in [3.8, 4) is 0 Å². The summed E-state index contributed by atoms with van der Waals surface area (Å²) in [4.78, 5) is 30.3. The van der Waals surface area contributed by atoms with Gasteiger partial charge in [-0.05, 0) is 58.1 Å². The molecule has 0 amide bonds. The van der Waals surface area contributed by atoms with Gasteiger partial charge in [0.1, 0.15) is 0 Å². The third kappa shape index (κ3) is 5.21. The zero-order valence-corrected chi connectivity index (χ0v) is 19.4. The van der Waals surface area contributed by atoms with Crippen LogP contribution in [0.1, 0.15) is 80.8 Å². The van der Waals surface area contributed by atoms with Gasteiger partial charge in [0.2, 0.25) is 0 Å². The Labute approximate surface area is 171 Å². The highest BCUT2D eigenvalue weighted by molar-refractivity contribution is 7.58. The molecule has 4 heteroatoms. The van der Waals surface area contributed by atoms with Gasteiger partial charge < -0.3 is 0 Å². The summed E-state index contributed by atoms with van der Waals surface area (Å²) >= 11 is 0. The number of hydrogen-bond acceptors (Lipinski definition) is 3. The Hall–Kier alpha value is -1.25. The van der Waals surface area contributed by atoms with E-state index in [9.17, 15) is 14.7 Å². The normalized spacial score (nSPS) is 13.3. The second kappa shape index (κ2) is 7.88. The van der Waals surface area contributed by atoms with Crippen LogP contribution in [0.5, 0.6) is 0 Å². The Morgan fingerprint density at radius 3 is 1.36 bits per heavy atom. The minimum atomic E-state index is -3.99. The summed E-state index contributed by atoms with van der Waals surface area (Å²) in [7, 11) is -3.99. The quantitative estimate of drug-likeness (QED) is 0.568. The van der Waals surface area contributed by atoms with Crippen molar-refractivity contribution in [1.29, 1.82) is 0 Å². The SMILES string of the molecule is Cc1cccc(C(C)(C)C)c1C(C[P+](O)(O)O)c1c(C)cccc1C(C)(C)C. The molecule has 2 aromatic carbocycles. The second-order valence-electron chi connectivity index (χ2n) is 10.0. The molecule has 0 aliphatic rings. The standard InChI is InChI=1S/C24H36O3P/c1-16-11-9-13-19(23(3,4)5)21(16)18(15-28(25,26)27)22-17(2)12-10-14-20(22)24(6,7)8/h9-14,18,25-27H,15H2,1-8H3/q+1. The van der Waals surface area contributed by atoms with E-state index in [0.717, 1.165) is 22.3 Å². The fraction of sp³-hybridized carbons (Fsp3) is 0.500. The van der Waals surface area contributed by atoms with Crippen LogP contribution in [0.3, 0.4) is 0 Å². The monoisotopic (exact) mass is 403 g/mol. The molecule has 3 nitrogen and oxygen atoms in total. The molecule has 0 saturated heterocycles. The number of rotatable bonds is 4. The van der Waals surface area contributed by atoms with Gasteiger partial charge in [0, 0.05) is 0 Å². The van der Waals surface area contributed by atoms with Crippen LogP contribution in [-0.2, 0) is 10.8 Å². The van der Waals surface area contributed by atoms with Crippen LogP contribution in [0.4, 0.5) is 0 Å². The van der Waals surface area contributed by atoms with Crippen molar-refractivity contribution in [2.24, 2.45) is 0 Å². The molecular formula is C24H36O3P+. The Morgan fingerprint density at radius 2 is 1.07 bits per heavy atom. The molecule has 0 unspecified atom stereocenters. The fourth-order valence-corrected chi connectivity index (χ4v) is 5.02. The number of hydrogen-bond donors (Lipinski definition) is 3. The molecule has 0 fully saturated rings. The van der Waals surface area contributed by atoms with Gasteiger partial charge in [-0.2, -0.15) is 14.7 Å². The van der Waals surface area contributed by atoms with E-state index >= 15 is 0 Å². The first-order chi connectivity index (χ1) is 12.6. The zero-order chi connectivity index (χ0) is 21.5. The molecule has 2 rings (SSSR count). The maximum absolute atomic E-state index is 10.1. The molecule has 2 aromatic rings. The highest BCUT2D eigenvalue weighted by Gasteiger charge is 2.40. The van der Waals surface area contributed by atoms with Crippen LogP contribution in [0, 0.1) is 13.8 Å². The van der Waals surface area contributed by atoms with Gasteiger partial charge in [-0.25, -0.2) is 0 Å². The summed E-state index contributed by atoms with van der Waals surface area (Å²) in [6, 6.07) is 12.5. The van der Waals surface area contributed by atoms with Crippen molar-refractivity contribution < 1.29 is 14.7 Å². The maximum Gasteiger partial charge on any atom is 0.404 e. The van der Waals surface area contributed by atoms with E-state index in [1.54, 1.807) is 0 Å². The molecule has 28 heavy (non-hydrogen) atoms. The predicted octanol–water partition coefficient (Wildman–Crippen LogP) is 5.77. The largest absolute Gasteiger partial charge is 0.404 e. The van der Waals surface area contributed by atoms with Gasteiger partial charge in [0.25, 0.3) is 0 Å². The summed E-state index contributed by atoms with van der Waals surface area (Å²) in [5.74, 6) is -0.292. The number of benzene rings is 2. The predicted molar refractivity (Wildman–Crippen MR) is 120 cm³/mol. The van der Waals surface area contributed by atoms with Crippen LogP contribution in [0.15, 0.2) is 36.4 Å². The number of aryl methyl sites for hydroxylation is 2. The van der Waals surface area contributed by atoms with Crippen molar-refractivity contribution in [1.82, 2.24) is 0 Å². The van der Waals surface area contributed by atoms with Gasteiger partial charge >= 0.3 is 7.94 Å². The summed E-state index contributed by atoms with van der Waals surface area (Å²) in [5.41, 5.74) is 6.54. The Morgan fingerprint density at radius 1 is 0.714 bits per heavy atom. The highest BCUT2D eigenvalue weighted by Crippen LogP contribution is 2.53. The van der Waals surface area contributed by atoms with Crippen LogP contribution in [0.2, 0.25) is 0 Å². The lowest BCUT2D eigenvalue weighted by Gasteiger charge is -2.33. The Balaban J connectivity index is 2.90. The molecular weight excluding hydrogens is 367 g/mol. The lowest BCUT2D eigenvalue weighted by molar-refractivity contribution is 0.328. The second-order valence-corrected chi connectivity index (χ2v) is 11.8. The van der Waals surface area contributed by atoms with Crippen LogP contribution in [0.25, 0.3) is 0 Å². The molecule has 0 bridgehead atoms. The molecule has 0 aliphatic carbocycles. The fourth-order valence-electron chi connectivity index (χ4n) is 4.17. The van der Waals surface area contributed by atoms with E-state index in [2.05, 4.69) is 91.8 Å². The van der Waals surface area contributed by atoms with Crippen molar-refractivity contribution in [3.63, 3.8) is 0 Å². The Kier molecular flexibility index (Phi) is 6.48. The molecule has 3 N–H and O–H groups in total. The minimum absolute atomic E-state index is 0.0745. The van der Waals surface area contributed by atoms with Gasteiger partial charge in [-0.1, -0.05) is 77.9 Å².